The third-order valence-corrected chi connectivity index (χ3v) is 4.68. The Labute approximate surface area is 169 Å². The summed E-state index contributed by atoms with van der Waals surface area (Å²) in [4.78, 5) is 0. The lowest BCUT2D eigenvalue weighted by Crippen LogP contribution is -2.08. The Morgan fingerprint density at radius 2 is 1.54 bits per heavy atom. The molecule has 2 aromatic rings. The summed E-state index contributed by atoms with van der Waals surface area (Å²) < 4.78 is 33.5. The van der Waals surface area contributed by atoms with Gasteiger partial charge < -0.3 is 28.4 Å². The minimum absolute atomic E-state index is 0.253. The van der Waals surface area contributed by atoms with Crippen molar-refractivity contribution in [1.82, 2.24) is 0 Å². The van der Waals surface area contributed by atoms with E-state index in [9.17, 15) is 0 Å². The molecule has 0 aliphatic carbocycles. The molecule has 0 saturated carbocycles. The zero-order valence-electron chi connectivity index (χ0n) is 15.5. The van der Waals surface area contributed by atoms with Gasteiger partial charge in [-0.1, -0.05) is 17.7 Å². The molecule has 7 heteroatoms. The topological polar surface area (TPSA) is 58.7 Å². The van der Waals surface area contributed by atoms with Gasteiger partial charge in [0.15, 0.2) is 6.29 Å². The van der Waals surface area contributed by atoms with Crippen molar-refractivity contribution in [2.45, 2.75) is 18.8 Å². The highest BCUT2D eigenvalue weighted by molar-refractivity contribution is 6.31. The monoisotopic (exact) mass is 406 g/mol. The molecule has 0 radical (unpaired) electrons. The minimum atomic E-state index is -0.466. The van der Waals surface area contributed by atoms with Crippen LogP contribution in [0.1, 0.15) is 18.3 Å². The van der Waals surface area contributed by atoms with Crippen LogP contribution in [0.5, 0.6) is 17.2 Å². The Hall–Kier alpha value is -1.99. The maximum Gasteiger partial charge on any atom is 0.189 e. The summed E-state index contributed by atoms with van der Waals surface area (Å²) >= 11 is 6.30. The van der Waals surface area contributed by atoms with Crippen molar-refractivity contribution >= 4 is 11.6 Å². The molecule has 1 unspecified atom stereocenters. The quantitative estimate of drug-likeness (QED) is 0.439. The molecule has 2 heterocycles. The van der Waals surface area contributed by atoms with E-state index in [0.29, 0.717) is 43.8 Å². The molecule has 2 saturated heterocycles. The van der Waals surface area contributed by atoms with E-state index in [4.69, 9.17) is 40.0 Å². The van der Waals surface area contributed by atoms with E-state index >= 15 is 0 Å². The van der Waals surface area contributed by atoms with Crippen LogP contribution in [0.4, 0.5) is 0 Å². The van der Waals surface area contributed by atoms with Gasteiger partial charge >= 0.3 is 0 Å². The fourth-order valence-corrected chi connectivity index (χ4v) is 3.07. The molecule has 6 nitrogen and oxygen atoms in total. The van der Waals surface area contributed by atoms with Crippen molar-refractivity contribution in [1.29, 1.82) is 0 Å². The number of halogens is 1. The maximum absolute atomic E-state index is 6.30. The molecule has 4 rings (SSSR count). The van der Waals surface area contributed by atoms with Gasteiger partial charge in [0.05, 0.1) is 43.6 Å². The second-order valence-electron chi connectivity index (χ2n) is 6.51. The van der Waals surface area contributed by atoms with Gasteiger partial charge in [-0.15, -0.1) is 0 Å². The van der Waals surface area contributed by atoms with Gasteiger partial charge in [-0.2, -0.15) is 0 Å². The number of hydrogen-bond acceptors (Lipinski definition) is 6. The molecule has 2 aliphatic rings. The van der Waals surface area contributed by atoms with Crippen molar-refractivity contribution in [2.24, 2.45) is 0 Å². The minimum Gasteiger partial charge on any atom is -0.493 e. The summed E-state index contributed by atoms with van der Waals surface area (Å²) in [5.74, 6) is 2.29. The molecule has 0 N–H and O–H groups in total. The molecule has 2 fully saturated rings. The lowest BCUT2D eigenvalue weighted by molar-refractivity contribution is -0.0457. The number of rotatable bonds is 10. The molecule has 0 bridgehead atoms. The van der Waals surface area contributed by atoms with Gasteiger partial charge in [0.2, 0.25) is 0 Å². The van der Waals surface area contributed by atoms with Crippen LogP contribution in [-0.2, 0) is 14.2 Å². The normalized spacial score (nSPS) is 18.8. The second kappa shape index (κ2) is 9.47. The second-order valence-corrected chi connectivity index (χ2v) is 6.92. The SMILES string of the molecule is Clc1cccc(OCCCOc2ccc(OCC3CO3)cc2)c1C1OCCO1. The first-order chi connectivity index (χ1) is 13.8. The number of ether oxygens (including phenoxy) is 6. The zero-order valence-corrected chi connectivity index (χ0v) is 16.2. The van der Waals surface area contributed by atoms with Crippen molar-refractivity contribution in [2.75, 3.05) is 39.6 Å². The van der Waals surface area contributed by atoms with Gasteiger partial charge in [0.25, 0.3) is 0 Å². The zero-order chi connectivity index (χ0) is 19.2. The first-order valence-corrected chi connectivity index (χ1v) is 9.79. The average molecular weight is 407 g/mol. The summed E-state index contributed by atoms with van der Waals surface area (Å²) in [7, 11) is 0. The van der Waals surface area contributed by atoms with Gasteiger partial charge in [-0.25, -0.2) is 0 Å². The third kappa shape index (κ3) is 5.29. The van der Waals surface area contributed by atoms with Crippen LogP contribution in [0, 0.1) is 0 Å². The third-order valence-electron chi connectivity index (χ3n) is 4.35. The van der Waals surface area contributed by atoms with Crippen LogP contribution < -0.4 is 14.2 Å². The van der Waals surface area contributed by atoms with E-state index < -0.39 is 6.29 Å². The Kier molecular flexibility index (Phi) is 6.54. The van der Waals surface area contributed by atoms with Crippen LogP contribution in [0.15, 0.2) is 42.5 Å². The fourth-order valence-electron chi connectivity index (χ4n) is 2.81. The van der Waals surface area contributed by atoms with Gasteiger partial charge in [-0.3, -0.25) is 0 Å². The van der Waals surface area contributed by atoms with Crippen LogP contribution in [0.3, 0.4) is 0 Å². The fraction of sp³-hybridized carbons (Fsp3) is 0.429. The van der Waals surface area contributed by atoms with E-state index in [1.54, 1.807) is 0 Å². The smallest absolute Gasteiger partial charge is 0.189 e. The maximum atomic E-state index is 6.30. The molecule has 150 valence electrons. The highest BCUT2D eigenvalue weighted by Gasteiger charge is 2.25. The van der Waals surface area contributed by atoms with E-state index in [0.717, 1.165) is 30.1 Å². The Morgan fingerprint density at radius 1 is 0.857 bits per heavy atom. The summed E-state index contributed by atoms with van der Waals surface area (Å²) in [6, 6.07) is 13.1. The molecular formula is C21H23ClO6. The number of benzene rings is 2. The molecule has 1 atom stereocenters. The van der Waals surface area contributed by atoms with Gasteiger partial charge in [0, 0.05) is 6.42 Å². The lowest BCUT2D eigenvalue weighted by Gasteiger charge is -2.17. The summed E-state index contributed by atoms with van der Waals surface area (Å²) in [5.41, 5.74) is 0.745. The van der Waals surface area contributed by atoms with Crippen molar-refractivity contribution in [3.05, 3.63) is 53.1 Å². The first kappa shape index (κ1) is 19.3. The van der Waals surface area contributed by atoms with E-state index in [1.807, 2.05) is 42.5 Å². The Balaban J connectivity index is 1.20. The molecular weight excluding hydrogens is 384 g/mol. The summed E-state index contributed by atoms with van der Waals surface area (Å²) in [6.07, 6.45) is 0.519. The summed E-state index contributed by atoms with van der Waals surface area (Å²) in [5, 5.41) is 0.580. The standard InChI is InChI=1S/C21H23ClO6/c22-18-3-1-4-19(20(18)21-25-11-12-26-21)24-10-2-9-23-15-5-7-16(8-6-15)27-13-17-14-28-17/h1,3-8,17,21H,2,9-14H2. The van der Waals surface area contributed by atoms with Gasteiger partial charge in [-0.05, 0) is 36.4 Å². The average Bonchev–Trinajstić information content (AvgIpc) is 3.39. The molecule has 0 aromatic heterocycles. The Morgan fingerprint density at radius 3 is 2.25 bits per heavy atom. The van der Waals surface area contributed by atoms with Crippen LogP contribution >= 0.6 is 11.6 Å². The number of epoxide rings is 1. The van der Waals surface area contributed by atoms with E-state index in [1.165, 1.54) is 0 Å². The first-order valence-electron chi connectivity index (χ1n) is 9.41. The molecule has 28 heavy (non-hydrogen) atoms. The van der Waals surface area contributed by atoms with Crippen molar-refractivity contribution in [3.63, 3.8) is 0 Å². The lowest BCUT2D eigenvalue weighted by atomic mass is 10.2. The largest absolute Gasteiger partial charge is 0.493 e. The van der Waals surface area contributed by atoms with Crippen molar-refractivity contribution < 1.29 is 28.4 Å². The Bertz CT molecular complexity index is 756. The van der Waals surface area contributed by atoms with Crippen LogP contribution in [0.2, 0.25) is 5.02 Å². The molecule has 0 amide bonds. The van der Waals surface area contributed by atoms with E-state index in [2.05, 4.69) is 0 Å². The predicted molar refractivity (Wildman–Crippen MR) is 103 cm³/mol. The molecule has 2 aromatic carbocycles. The number of hydrogen-bond donors (Lipinski definition) is 0. The van der Waals surface area contributed by atoms with Crippen molar-refractivity contribution in [3.8, 4) is 17.2 Å². The molecule has 0 spiro atoms. The van der Waals surface area contributed by atoms with Crippen LogP contribution in [-0.4, -0.2) is 45.7 Å². The molecule has 2 aliphatic heterocycles. The highest BCUT2D eigenvalue weighted by atomic mass is 35.5. The highest BCUT2D eigenvalue weighted by Crippen LogP contribution is 2.36. The predicted octanol–water partition coefficient (Wildman–Crippen LogP) is 4.01. The van der Waals surface area contributed by atoms with Crippen LogP contribution in [0.25, 0.3) is 0 Å². The summed E-state index contributed by atoms with van der Waals surface area (Å²) in [6.45, 7) is 3.55. The van der Waals surface area contributed by atoms with E-state index in [-0.39, 0.29) is 6.10 Å². The van der Waals surface area contributed by atoms with Gasteiger partial charge in [0.1, 0.15) is 30.0 Å².